The minimum Gasteiger partial charge on any atom is -0.352 e. The van der Waals surface area contributed by atoms with E-state index in [9.17, 15) is 0 Å². The van der Waals surface area contributed by atoms with Gasteiger partial charge in [0.05, 0.1) is 6.54 Å². The van der Waals surface area contributed by atoms with Crippen molar-refractivity contribution in [3.8, 4) is 0 Å². The fraction of sp³-hybridized carbons (Fsp3) is 0.412. The summed E-state index contributed by atoms with van der Waals surface area (Å²) in [5.74, 6) is 0.797. The first-order chi connectivity index (χ1) is 11.2. The van der Waals surface area contributed by atoms with Gasteiger partial charge in [-0.1, -0.05) is 19.1 Å². The van der Waals surface area contributed by atoms with Crippen LogP contribution in [0.1, 0.15) is 27.9 Å². The van der Waals surface area contributed by atoms with Crippen molar-refractivity contribution in [2.45, 2.75) is 38.3 Å². The van der Waals surface area contributed by atoms with E-state index in [4.69, 9.17) is 0 Å². The number of rotatable bonds is 6. The van der Waals surface area contributed by atoms with Gasteiger partial charge >= 0.3 is 0 Å². The number of thioether (sulfide) groups is 1. The van der Waals surface area contributed by atoms with Gasteiger partial charge in [-0.05, 0) is 36.8 Å². The number of aryl methyl sites for hydroxylation is 2. The SMILES string of the molecule is CCc1cnc(CNC(=NC)NCc2ccc(C)cc2SC)s1. The summed E-state index contributed by atoms with van der Waals surface area (Å²) in [4.78, 5) is 11.3. The molecule has 0 aliphatic carbocycles. The quantitative estimate of drug-likeness (QED) is 0.476. The number of aromatic nitrogens is 1. The minimum absolute atomic E-state index is 0.702. The molecular formula is C17H24N4S2. The van der Waals surface area contributed by atoms with Crippen molar-refractivity contribution < 1.29 is 0 Å². The number of nitrogens with one attached hydrogen (secondary N) is 2. The average molecular weight is 349 g/mol. The standard InChI is InChI=1S/C17H24N4S2/c1-5-14-10-19-16(23-14)11-21-17(18-3)20-9-13-7-6-12(2)8-15(13)22-4/h6-8,10H,5,9,11H2,1-4H3,(H2,18,20,21). The first-order valence-electron chi connectivity index (χ1n) is 7.67. The van der Waals surface area contributed by atoms with E-state index in [1.54, 1.807) is 30.1 Å². The molecule has 4 nitrogen and oxygen atoms in total. The van der Waals surface area contributed by atoms with Crippen LogP contribution in [0.3, 0.4) is 0 Å². The third-order valence-electron chi connectivity index (χ3n) is 3.47. The summed E-state index contributed by atoms with van der Waals surface area (Å²) in [7, 11) is 1.79. The molecule has 1 aromatic carbocycles. The summed E-state index contributed by atoms with van der Waals surface area (Å²) in [6, 6.07) is 6.55. The molecule has 2 rings (SSSR count). The van der Waals surface area contributed by atoms with E-state index in [2.05, 4.69) is 58.9 Å². The smallest absolute Gasteiger partial charge is 0.191 e. The molecule has 0 unspecified atom stereocenters. The van der Waals surface area contributed by atoms with Crippen molar-refractivity contribution in [2.24, 2.45) is 4.99 Å². The van der Waals surface area contributed by atoms with E-state index >= 15 is 0 Å². The molecule has 0 saturated heterocycles. The fourth-order valence-electron chi connectivity index (χ4n) is 2.15. The van der Waals surface area contributed by atoms with Crippen LogP contribution >= 0.6 is 23.1 Å². The van der Waals surface area contributed by atoms with Crippen LogP contribution in [0.25, 0.3) is 0 Å². The number of benzene rings is 1. The van der Waals surface area contributed by atoms with Gasteiger partial charge in [-0.15, -0.1) is 23.1 Å². The van der Waals surface area contributed by atoms with E-state index in [-0.39, 0.29) is 0 Å². The molecule has 6 heteroatoms. The lowest BCUT2D eigenvalue weighted by molar-refractivity contribution is 0.797. The highest BCUT2D eigenvalue weighted by molar-refractivity contribution is 7.98. The molecule has 0 fully saturated rings. The first kappa shape index (κ1) is 17.8. The van der Waals surface area contributed by atoms with E-state index in [1.165, 1.54) is 20.9 Å². The molecule has 0 aliphatic rings. The molecule has 0 aliphatic heterocycles. The summed E-state index contributed by atoms with van der Waals surface area (Å²) in [6.07, 6.45) is 5.10. The molecule has 0 atom stereocenters. The van der Waals surface area contributed by atoms with Crippen molar-refractivity contribution in [3.05, 3.63) is 45.4 Å². The van der Waals surface area contributed by atoms with E-state index in [0.717, 1.165) is 23.9 Å². The molecule has 124 valence electrons. The van der Waals surface area contributed by atoms with Crippen LogP contribution in [-0.4, -0.2) is 24.2 Å². The fourth-order valence-corrected chi connectivity index (χ4v) is 3.66. The number of guanidine groups is 1. The average Bonchev–Trinajstić information content (AvgIpc) is 3.04. The maximum atomic E-state index is 4.42. The topological polar surface area (TPSA) is 49.3 Å². The molecule has 1 aromatic heterocycles. The maximum Gasteiger partial charge on any atom is 0.191 e. The van der Waals surface area contributed by atoms with E-state index < -0.39 is 0 Å². The van der Waals surface area contributed by atoms with Gasteiger partial charge < -0.3 is 10.6 Å². The maximum absolute atomic E-state index is 4.42. The summed E-state index contributed by atoms with van der Waals surface area (Å²) in [5.41, 5.74) is 2.57. The van der Waals surface area contributed by atoms with E-state index in [1.807, 2.05) is 6.20 Å². The second-order valence-electron chi connectivity index (χ2n) is 5.17. The number of nitrogens with zero attached hydrogens (tertiary/aromatic N) is 2. The Morgan fingerprint density at radius 3 is 2.74 bits per heavy atom. The number of hydrogen-bond donors (Lipinski definition) is 2. The Kier molecular flexibility index (Phi) is 6.92. The van der Waals surface area contributed by atoms with E-state index in [0.29, 0.717) is 6.54 Å². The summed E-state index contributed by atoms with van der Waals surface area (Å²) >= 11 is 3.52. The summed E-state index contributed by atoms with van der Waals surface area (Å²) < 4.78 is 0. The molecule has 0 spiro atoms. The Balaban J connectivity index is 1.90. The second-order valence-corrected chi connectivity index (χ2v) is 7.22. The Labute approximate surface area is 146 Å². The predicted octanol–water partition coefficient (Wildman–Crippen LogP) is 3.60. The Morgan fingerprint density at radius 1 is 1.30 bits per heavy atom. The second kappa shape index (κ2) is 8.93. The van der Waals surface area contributed by atoms with Gasteiger partial charge in [-0.3, -0.25) is 4.99 Å². The van der Waals surface area contributed by atoms with Crippen molar-refractivity contribution in [1.82, 2.24) is 15.6 Å². The molecule has 0 radical (unpaired) electrons. The number of aliphatic imine (C=N–C) groups is 1. The zero-order valence-electron chi connectivity index (χ0n) is 14.1. The molecule has 0 saturated carbocycles. The third-order valence-corrected chi connectivity index (χ3v) is 5.43. The molecule has 2 N–H and O–H groups in total. The van der Waals surface area contributed by atoms with Gasteiger partial charge in [0.25, 0.3) is 0 Å². The molecule has 0 amide bonds. The zero-order chi connectivity index (χ0) is 16.7. The summed E-state index contributed by atoms with van der Waals surface area (Å²) in [6.45, 7) is 5.73. The third kappa shape index (κ3) is 5.25. The first-order valence-corrected chi connectivity index (χ1v) is 9.72. The monoisotopic (exact) mass is 348 g/mol. The Hall–Kier alpha value is -1.53. The minimum atomic E-state index is 0.702. The lowest BCUT2D eigenvalue weighted by Crippen LogP contribution is -2.36. The molecule has 23 heavy (non-hydrogen) atoms. The molecular weight excluding hydrogens is 324 g/mol. The highest BCUT2D eigenvalue weighted by Crippen LogP contribution is 2.21. The highest BCUT2D eigenvalue weighted by atomic mass is 32.2. The predicted molar refractivity (Wildman–Crippen MR) is 101 cm³/mol. The van der Waals surface area contributed by atoms with Gasteiger partial charge in [0.15, 0.2) is 5.96 Å². The summed E-state index contributed by atoms with van der Waals surface area (Å²) in [5, 5.41) is 7.78. The van der Waals surface area contributed by atoms with Crippen LogP contribution in [0.15, 0.2) is 34.3 Å². The Morgan fingerprint density at radius 2 is 2.09 bits per heavy atom. The van der Waals surface area contributed by atoms with Crippen molar-refractivity contribution >= 4 is 29.1 Å². The molecule has 0 bridgehead atoms. The van der Waals surface area contributed by atoms with Gasteiger partial charge in [0, 0.05) is 29.6 Å². The van der Waals surface area contributed by atoms with Gasteiger partial charge in [-0.2, -0.15) is 0 Å². The van der Waals surface area contributed by atoms with Crippen LogP contribution in [0, 0.1) is 6.92 Å². The highest BCUT2D eigenvalue weighted by Gasteiger charge is 2.05. The van der Waals surface area contributed by atoms with Gasteiger partial charge in [0.1, 0.15) is 5.01 Å². The van der Waals surface area contributed by atoms with Crippen LogP contribution in [-0.2, 0) is 19.5 Å². The van der Waals surface area contributed by atoms with Crippen molar-refractivity contribution in [2.75, 3.05) is 13.3 Å². The zero-order valence-corrected chi connectivity index (χ0v) is 15.8. The van der Waals surface area contributed by atoms with Crippen molar-refractivity contribution in [3.63, 3.8) is 0 Å². The van der Waals surface area contributed by atoms with Crippen molar-refractivity contribution in [1.29, 1.82) is 0 Å². The van der Waals surface area contributed by atoms with Crippen LogP contribution in [0.4, 0.5) is 0 Å². The van der Waals surface area contributed by atoms with Crippen LogP contribution in [0.5, 0.6) is 0 Å². The number of hydrogen-bond acceptors (Lipinski definition) is 4. The molecule has 1 heterocycles. The number of thiazole rings is 1. The normalized spacial score (nSPS) is 11.6. The molecule has 2 aromatic rings. The van der Waals surface area contributed by atoms with Gasteiger partial charge in [0.2, 0.25) is 0 Å². The lowest BCUT2D eigenvalue weighted by Gasteiger charge is -2.13. The largest absolute Gasteiger partial charge is 0.352 e. The Bertz CT molecular complexity index is 664. The van der Waals surface area contributed by atoms with Gasteiger partial charge in [-0.25, -0.2) is 4.98 Å². The van der Waals surface area contributed by atoms with Crippen LogP contribution in [0.2, 0.25) is 0 Å². The van der Waals surface area contributed by atoms with Crippen LogP contribution < -0.4 is 10.6 Å². The lowest BCUT2D eigenvalue weighted by atomic mass is 10.1.